The minimum Gasteiger partial charge on any atom is -0.328 e. The highest BCUT2D eigenvalue weighted by Crippen LogP contribution is 2.21. The Bertz CT molecular complexity index is 404. The summed E-state index contributed by atoms with van der Waals surface area (Å²) >= 11 is 6.16. The molecule has 0 fully saturated rings. The molecule has 17 heavy (non-hydrogen) atoms. The smallest absolute Gasteiger partial charge is 0.0856 e. The third-order valence-electron chi connectivity index (χ3n) is 2.55. The number of hydrogen-bond donors (Lipinski definition) is 1. The highest BCUT2D eigenvalue weighted by Gasteiger charge is 2.15. The summed E-state index contributed by atoms with van der Waals surface area (Å²) in [5.41, 5.74) is 7.31. The van der Waals surface area contributed by atoms with Crippen LogP contribution < -0.4 is 5.73 Å². The summed E-state index contributed by atoms with van der Waals surface area (Å²) in [4.78, 5) is 0. The lowest BCUT2D eigenvalue weighted by atomic mass is 10.3. The molecule has 1 rings (SSSR count). The summed E-state index contributed by atoms with van der Waals surface area (Å²) in [6.07, 6.45) is 0.767. The molecule has 4 nitrogen and oxygen atoms in total. The summed E-state index contributed by atoms with van der Waals surface area (Å²) < 4.78 is 13.7. The molecule has 2 N–H and O–H groups in total. The van der Waals surface area contributed by atoms with Gasteiger partial charge in [-0.2, -0.15) is 5.10 Å². The molecular weight excluding hydrogens is 258 g/mol. The topological polar surface area (TPSA) is 60.9 Å². The third kappa shape index (κ3) is 4.08. The largest absolute Gasteiger partial charge is 0.328 e. The molecule has 0 aromatic carbocycles. The Kier molecular flexibility index (Phi) is 5.62. The lowest BCUT2D eigenvalue weighted by Crippen LogP contribution is -2.18. The second-order valence-corrected chi connectivity index (χ2v) is 6.17. The van der Waals surface area contributed by atoms with E-state index in [0.29, 0.717) is 16.5 Å². The maximum Gasteiger partial charge on any atom is 0.0856 e. The predicted molar refractivity (Wildman–Crippen MR) is 72.6 cm³/mol. The van der Waals surface area contributed by atoms with Crippen LogP contribution in [0.1, 0.15) is 31.7 Å². The summed E-state index contributed by atoms with van der Waals surface area (Å²) in [6.45, 7) is 6.53. The van der Waals surface area contributed by atoms with Gasteiger partial charge in [-0.25, -0.2) is 0 Å². The van der Waals surface area contributed by atoms with Crippen LogP contribution in [0.25, 0.3) is 0 Å². The fourth-order valence-electron chi connectivity index (χ4n) is 1.55. The number of nitrogens with zero attached hydrogens (tertiary/aromatic N) is 2. The zero-order valence-corrected chi connectivity index (χ0v) is 12.1. The van der Waals surface area contributed by atoms with Crippen molar-refractivity contribution in [2.45, 2.75) is 45.5 Å². The SMILES string of the molecule is CCn1nc(C)c(Cl)c1CS(=O)CCC(C)N. The van der Waals surface area contributed by atoms with Crippen LogP contribution in [0.2, 0.25) is 5.02 Å². The molecule has 1 aromatic heterocycles. The van der Waals surface area contributed by atoms with Gasteiger partial charge in [-0.15, -0.1) is 0 Å². The molecule has 2 atom stereocenters. The van der Waals surface area contributed by atoms with Crippen LogP contribution in [-0.4, -0.2) is 25.8 Å². The molecule has 6 heteroatoms. The average Bonchev–Trinajstić information content (AvgIpc) is 2.54. The minimum atomic E-state index is -0.926. The first-order valence-corrected chi connectivity index (χ1v) is 7.64. The Hall–Kier alpha value is -0.390. The van der Waals surface area contributed by atoms with Crippen molar-refractivity contribution in [3.8, 4) is 0 Å². The van der Waals surface area contributed by atoms with E-state index >= 15 is 0 Å². The molecule has 0 saturated carbocycles. The lowest BCUT2D eigenvalue weighted by molar-refractivity contribution is 0.625. The molecule has 0 amide bonds. The first kappa shape index (κ1) is 14.7. The number of halogens is 1. The van der Waals surface area contributed by atoms with E-state index in [1.54, 1.807) is 0 Å². The van der Waals surface area contributed by atoms with Crippen LogP contribution in [0.15, 0.2) is 0 Å². The molecule has 1 heterocycles. The first-order chi connectivity index (χ1) is 7.95. The van der Waals surface area contributed by atoms with Crippen molar-refractivity contribution < 1.29 is 4.21 Å². The van der Waals surface area contributed by atoms with Crippen LogP contribution >= 0.6 is 11.6 Å². The van der Waals surface area contributed by atoms with E-state index < -0.39 is 10.8 Å². The van der Waals surface area contributed by atoms with Crippen LogP contribution in [0.3, 0.4) is 0 Å². The van der Waals surface area contributed by atoms with Crippen molar-refractivity contribution in [1.29, 1.82) is 0 Å². The van der Waals surface area contributed by atoms with Crippen molar-refractivity contribution in [3.05, 3.63) is 16.4 Å². The summed E-state index contributed by atoms with van der Waals surface area (Å²) in [6, 6.07) is 0.0900. The molecule has 1 aromatic rings. The Balaban J connectivity index is 2.70. The molecule has 0 aliphatic rings. The number of nitrogens with two attached hydrogens (primary N) is 1. The van der Waals surface area contributed by atoms with E-state index in [1.165, 1.54) is 0 Å². The van der Waals surface area contributed by atoms with E-state index in [4.69, 9.17) is 17.3 Å². The van der Waals surface area contributed by atoms with Gasteiger partial charge in [0.25, 0.3) is 0 Å². The number of aromatic nitrogens is 2. The maximum atomic E-state index is 11.9. The highest BCUT2D eigenvalue weighted by atomic mass is 35.5. The lowest BCUT2D eigenvalue weighted by Gasteiger charge is -2.07. The van der Waals surface area contributed by atoms with Gasteiger partial charge >= 0.3 is 0 Å². The zero-order chi connectivity index (χ0) is 13.0. The molecule has 0 spiro atoms. The maximum absolute atomic E-state index is 11.9. The van der Waals surface area contributed by atoms with Gasteiger partial charge in [0, 0.05) is 29.1 Å². The van der Waals surface area contributed by atoms with Gasteiger partial charge in [0.1, 0.15) is 0 Å². The molecule has 0 saturated heterocycles. The molecule has 0 aliphatic carbocycles. The van der Waals surface area contributed by atoms with E-state index in [9.17, 15) is 4.21 Å². The van der Waals surface area contributed by atoms with Crippen molar-refractivity contribution in [2.75, 3.05) is 5.75 Å². The van der Waals surface area contributed by atoms with E-state index in [1.807, 2.05) is 25.5 Å². The Labute approximate surface area is 110 Å². The molecule has 0 radical (unpaired) electrons. The van der Waals surface area contributed by atoms with Gasteiger partial charge in [-0.3, -0.25) is 8.89 Å². The fraction of sp³-hybridized carbons (Fsp3) is 0.727. The van der Waals surface area contributed by atoms with Crippen LogP contribution in [0.4, 0.5) is 0 Å². The van der Waals surface area contributed by atoms with Crippen LogP contribution in [-0.2, 0) is 23.1 Å². The summed E-state index contributed by atoms with van der Waals surface area (Å²) in [7, 11) is -0.926. The third-order valence-corrected chi connectivity index (χ3v) is 4.33. The van der Waals surface area contributed by atoms with Gasteiger partial charge in [-0.05, 0) is 27.2 Å². The monoisotopic (exact) mass is 277 g/mol. The quantitative estimate of drug-likeness (QED) is 0.863. The van der Waals surface area contributed by atoms with Crippen molar-refractivity contribution in [3.63, 3.8) is 0 Å². The molecule has 2 unspecified atom stereocenters. The van der Waals surface area contributed by atoms with Gasteiger partial charge < -0.3 is 5.73 Å². The second-order valence-electron chi connectivity index (χ2n) is 4.22. The van der Waals surface area contributed by atoms with Gasteiger partial charge in [0.05, 0.1) is 22.2 Å². The normalized spacial score (nSPS) is 14.9. The number of hydrogen-bond acceptors (Lipinski definition) is 3. The summed E-state index contributed by atoms with van der Waals surface area (Å²) in [5, 5.41) is 4.94. The Morgan fingerprint density at radius 3 is 2.76 bits per heavy atom. The Morgan fingerprint density at radius 1 is 1.59 bits per heavy atom. The zero-order valence-electron chi connectivity index (χ0n) is 10.6. The standard InChI is InChI=1S/C11H20ClN3OS/c1-4-15-10(11(12)9(3)14-15)7-17(16)6-5-8(2)13/h8H,4-7,13H2,1-3H3. The minimum absolute atomic E-state index is 0.0900. The first-order valence-electron chi connectivity index (χ1n) is 5.78. The second kappa shape index (κ2) is 6.52. The van der Waals surface area contributed by atoms with E-state index in [0.717, 1.165) is 24.4 Å². The van der Waals surface area contributed by atoms with Gasteiger partial charge in [0.15, 0.2) is 0 Å². The highest BCUT2D eigenvalue weighted by molar-refractivity contribution is 7.84. The fourth-order valence-corrected chi connectivity index (χ4v) is 3.21. The van der Waals surface area contributed by atoms with Gasteiger partial charge in [0.2, 0.25) is 0 Å². The predicted octanol–water partition coefficient (Wildman–Crippen LogP) is 1.85. The summed E-state index contributed by atoms with van der Waals surface area (Å²) in [5.74, 6) is 1.07. The van der Waals surface area contributed by atoms with Crippen LogP contribution in [0.5, 0.6) is 0 Å². The molecule has 0 aliphatic heterocycles. The number of rotatable bonds is 6. The van der Waals surface area contributed by atoms with Crippen LogP contribution in [0, 0.1) is 6.92 Å². The molecular formula is C11H20ClN3OS. The average molecular weight is 278 g/mol. The number of aryl methyl sites for hydroxylation is 2. The van der Waals surface area contributed by atoms with Crippen molar-refractivity contribution in [2.24, 2.45) is 5.73 Å². The Morgan fingerprint density at radius 2 is 2.24 bits per heavy atom. The molecule has 98 valence electrons. The van der Waals surface area contributed by atoms with E-state index in [2.05, 4.69) is 5.10 Å². The van der Waals surface area contributed by atoms with Crippen molar-refractivity contribution >= 4 is 22.4 Å². The van der Waals surface area contributed by atoms with Gasteiger partial charge in [-0.1, -0.05) is 11.6 Å². The molecule has 0 bridgehead atoms. The van der Waals surface area contributed by atoms with Crippen molar-refractivity contribution in [1.82, 2.24) is 9.78 Å². The van der Waals surface area contributed by atoms with E-state index in [-0.39, 0.29) is 6.04 Å².